The summed E-state index contributed by atoms with van der Waals surface area (Å²) in [6.07, 6.45) is 23.4. The average molecular weight is 2080 g/mol. The fourth-order valence-electron chi connectivity index (χ4n) is 12.1. The van der Waals surface area contributed by atoms with E-state index in [9.17, 15) is 14.4 Å². The number of nitrogens with one attached hydrogen (secondary N) is 1. The van der Waals surface area contributed by atoms with Gasteiger partial charge in [-0.2, -0.15) is 14.6 Å². The predicted molar refractivity (Wildman–Crippen MR) is 499 cm³/mol. The molecule has 0 aliphatic carbocycles. The van der Waals surface area contributed by atoms with Gasteiger partial charge in [0.05, 0.1) is 123 Å². The summed E-state index contributed by atoms with van der Waals surface area (Å²) >= 11 is 50.5. The van der Waals surface area contributed by atoms with Gasteiger partial charge in [0.2, 0.25) is 16.5 Å². The molecule has 676 valence electrons. The van der Waals surface area contributed by atoms with Gasteiger partial charge in [0.25, 0.3) is 6.47 Å². The molecule has 18 aromatic rings. The molecule has 13 aromatic heterocycles. The molecule has 0 spiro atoms. The number of halogens is 9. The van der Waals surface area contributed by atoms with Gasteiger partial charge in [0.15, 0.2) is 34.2 Å². The number of hydrogen-bond acceptors (Lipinski definition) is 29. The van der Waals surface area contributed by atoms with E-state index < -0.39 is 23.3 Å². The van der Waals surface area contributed by atoms with Crippen LogP contribution < -0.4 is 108 Å². The van der Waals surface area contributed by atoms with Crippen LogP contribution in [-0.4, -0.2) is 163 Å². The number of pyridine rings is 3. The van der Waals surface area contributed by atoms with Crippen LogP contribution in [0.3, 0.4) is 0 Å². The van der Waals surface area contributed by atoms with Crippen LogP contribution in [0.2, 0.25) is 40.8 Å². The molecule has 134 heavy (non-hydrogen) atoms. The SMILES string of the molecule is BrCc1ccccn1.CCOC(=O)C(C(=O)OCC)c1ncc(Cl)c(-n2cnc3ccccc32)n1.CCOC(=O)C(CC)(Cc1ccccn1)c1ncc(Cl)c(-n2cnc3ccccc32)n1.Clc1cnc(CCc2ccccn2)nc1-n1cnc2ccccc21.Clc1ncc(Cl)c(-n2cnc3ccccc32)n1.Clc1ncc(Cl)c(Cl)n1.O=C=O.O=CO[O-].[H-].[K+].[K+].c1ccc2[nH]cnc2c1. The van der Waals surface area contributed by atoms with Crippen molar-refractivity contribution < 1.29 is 157 Å². The van der Waals surface area contributed by atoms with Crippen LogP contribution in [0.25, 0.3) is 78.4 Å². The zero-order chi connectivity index (χ0) is 94.3. The Morgan fingerprint density at radius 1 is 0.448 bits per heavy atom. The van der Waals surface area contributed by atoms with Gasteiger partial charge in [-0.05, 0) is 154 Å². The first-order valence-electron chi connectivity index (χ1n) is 39.3. The van der Waals surface area contributed by atoms with Crippen molar-refractivity contribution in [3.8, 4) is 23.3 Å². The molecule has 1 atom stereocenters. The number of rotatable bonds is 20. The standard InChI is InChI=1S/C23H22ClN5O2.C18H14ClN5.C18H17ClN4O4.C11H6Cl2N4.C7H6N2.C6H6BrN.C4HCl3N2.CH2O3.CO2.2K.H/c1-3-23(22(30)31-4-2,13-16-9-7-8-12-25-16)21-26-14-17(24)20(28-21)29-15-27-18-10-5-6-11-19(18)29;19-14-11-21-17(9-8-13-5-3-4-10-20-13)23-18(14)24-12-22-15-6-1-2-7-16(15)24;1-3-26-17(24)14(18(25)27-4-2)15-20-9-11(19)16(22-15)23-10-21-12-7-5-6-8-13(12)23;12-7-5-14-11(13)16-10(7)17-6-15-8-3-1-2-4-9(8)17;1-2-4-7-6(3-1)8-5-9-7;7-5-6-3-1-2-4-8-6;5-2-1-8-4(7)9-3(2)6;2-1-4-3;2-1-3;;;/h5-12,14-15H,3-4,13H2,1-2H3;1-7,10-12H,8-9H2;5-10,14H,3-4H2,1-2H3;1-6H;1-5H,(H,8,9);1-4H,5H2;1H;1,3H;;;;/q;;;;;;;;;2*+1;-1/p-1. The summed E-state index contributed by atoms with van der Waals surface area (Å²) in [4.78, 5) is 144. The summed E-state index contributed by atoms with van der Waals surface area (Å²) in [5.41, 5.74) is 10.7. The molecule has 0 bridgehead atoms. The van der Waals surface area contributed by atoms with E-state index in [1.807, 2.05) is 187 Å². The van der Waals surface area contributed by atoms with Gasteiger partial charge in [-0.25, -0.2) is 69.8 Å². The Morgan fingerprint density at radius 2 is 0.836 bits per heavy atom. The number of hydrogen-bond donors (Lipinski definition) is 1. The molecule has 1 unspecified atom stereocenters. The first-order valence-corrected chi connectivity index (χ1v) is 43.4. The number of aromatic nitrogens is 23. The van der Waals surface area contributed by atoms with Gasteiger partial charge in [-0.15, -0.1) is 0 Å². The zero-order valence-electron chi connectivity index (χ0n) is 72.8. The van der Waals surface area contributed by atoms with E-state index in [2.05, 4.69) is 111 Å². The number of H-pyrrole nitrogens is 1. The maximum Gasteiger partial charge on any atom is 1.00 e. The Labute approximate surface area is 899 Å². The van der Waals surface area contributed by atoms with Crippen molar-refractivity contribution in [1.82, 2.24) is 113 Å². The molecule has 34 nitrogen and oxygen atoms in total. The molecule has 0 radical (unpaired) electrons. The summed E-state index contributed by atoms with van der Waals surface area (Å²) in [7, 11) is 0. The maximum absolute atomic E-state index is 13.2. The minimum atomic E-state index is -1.39. The maximum atomic E-state index is 13.2. The Kier molecular flexibility index (Phi) is 46.2. The molecule has 1 N–H and O–H groups in total. The fraction of sp³-hybridized carbons (Fsp3) is 0.157. The van der Waals surface area contributed by atoms with Crippen molar-refractivity contribution in [2.24, 2.45) is 0 Å². The number of benzene rings is 5. The summed E-state index contributed by atoms with van der Waals surface area (Å²) in [5.74, 6) is -0.366. The van der Waals surface area contributed by atoms with Crippen LogP contribution in [0.15, 0.2) is 257 Å². The molecular weight excluding hydrogens is 2010 g/mol. The number of ether oxygens (including phenoxy) is 3. The number of carbonyl (C=O) groups excluding carboxylic acids is 6. The van der Waals surface area contributed by atoms with E-state index in [1.54, 1.807) is 90.9 Å². The number of imidazole rings is 5. The van der Waals surface area contributed by atoms with Gasteiger partial charge < -0.3 is 30.8 Å². The third kappa shape index (κ3) is 30.5. The van der Waals surface area contributed by atoms with Crippen LogP contribution in [0.4, 0.5) is 0 Å². The van der Waals surface area contributed by atoms with Crippen molar-refractivity contribution in [3.63, 3.8) is 0 Å². The molecule has 0 amide bonds. The second-order valence-electron chi connectivity index (χ2n) is 26.3. The number of aromatic amines is 1. The van der Waals surface area contributed by atoms with Gasteiger partial charge in [0, 0.05) is 48.2 Å². The van der Waals surface area contributed by atoms with Crippen LogP contribution in [0.1, 0.15) is 76.0 Å². The number of esters is 3. The summed E-state index contributed by atoms with van der Waals surface area (Å²) in [5, 5.41) is 11.5. The van der Waals surface area contributed by atoms with Crippen LogP contribution in [0, 0.1) is 0 Å². The van der Waals surface area contributed by atoms with E-state index in [1.165, 1.54) is 24.8 Å². The second kappa shape index (κ2) is 56.8. The number of aryl methyl sites for hydroxylation is 2. The molecule has 0 saturated carbocycles. The quantitative estimate of drug-likeness (QED) is 0.00707. The Balaban J connectivity index is 0.000000221. The number of alkyl halides is 1. The van der Waals surface area contributed by atoms with Crippen LogP contribution in [0.5, 0.6) is 0 Å². The van der Waals surface area contributed by atoms with Gasteiger partial charge in [0.1, 0.15) is 62.5 Å². The molecular formula is C89H74BrCl8K2N23O11. The molecule has 13 heterocycles. The number of fused-ring (bicyclic) bond motifs is 5. The normalized spacial score (nSPS) is 10.7. The largest absolute Gasteiger partial charge is 1.00 e. The van der Waals surface area contributed by atoms with E-state index in [0.717, 1.165) is 89.8 Å². The Hall–Kier alpha value is -10.4. The van der Waals surface area contributed by atoms with Crippen molar-refractivity contribution >= 4 is 194 Å². The van der Waals surface area contributed by atoms with Crippen molar-refractivity contribution in [2.45, 2.75) is 70.0 Å². The van der Waals surface area contributed by atoms with Crippen molar-refractivity contribution in [2.75, 3.05) is 19.8 Å². The number of carbonyl (C=O) groups is 4. The second-order valence-corrected chi connectivity index (χ2v) is 29.9. The van der Waals surface area contributed by atoms with E-state index in [0.29, 0.717) is 68.4 Å². The van der Waals surface area contributed by atoms with Gasteiger partial charge in [-0.1, -0.05) is 171 Å². The van der Waals surface area contributed by atoms with E-state index in [-0.39, 0.29) is 169 Å². The first kappa shape index (κ1) is 109. The Morgan fingerprint density at radius 3 is 1.25 bits per heavy atom. The molecule has 5 aromatic carbocycles. The molecule has 0 fully saturated rings. The number of nitrogens with zero attached hydrogens (tertiary/aromatic N) is 22. The molecule has 45 heteroatoms. The summed E-state index contributed by atoms with van der Waals surface area (Å²) < 4.78 is 22.6. The average Bonchev–Trinajstić information content (AvgIpc) is 1.67. The third-order valence-electron chi connectivity index (χ3n) is 18.1. The first-order chi connectivity index (χ1) is 64.1. The molecule has 18 rings (SSSR count). The van der Waals surface area contributed by atoms with Crippen LogP contribution >= 0.6 is 109 Å². The number of para-hydroxylation sites is 10. The van der Waals surface area contributed by atoms with Gasteiger partial charge in [-0.3, -0.25) is 52.4 Å². The van der Waals surface area contributed by atoms with E-state index >= 15 is 0 Å². The smallest absolute Gasteiger partial charge is 1.00 e. The predicted octanol–water partition coefficient (Wildman–Crippen LogP) is 11.7. The zero-order valence-corrected chi connectivity index (χ0v) is 85.7. The van der Waals surface area contributed by atoms with Gasteiger partial charge >= 0.3 is 127 Å². The minimum absolute atomic E-state index is 0. The fourth-order valence-corrected chi connectivity index (χ4v) is 13.7. The van der Waals surface area contributed by atoms with Crippen LogP contribution in [-0.2, 0) is 77.9 Å². The Bertz CT molecular complexity index is 6830. The molecule has 0 aliphatic heterocycles. The third-order valence-corrected chi connectivity index (χ3v) is 20.8. The summed E-state index contributed by atoms with van der Waals surface area (Å²) in [6, 6.07) is 56.0. The van der Waals surface area contributed by atoms with Crippen molar-refractivity contribution in [1.29, 1.82) is 0 Å². The summed E-state index contributed by atoms with van der Waals surface area (Å²) in [6.45, 7) is 7.30. The molecule has 0 aliphatic rings. The monoisotopic (exact) mass is 2080 g/mol. The minimum Gasteiger partial charge on any atom is -1.00 e. The van der Waals surface area contributed by atoms with E-state index in [4.69, 9.17) is 132 Å². The topological polar surface area (TPSA) is 430 Å². The van der Waals surface area contributed by atoms with Crippen molar-refractivity contribution in [3.05, 3.63) is 333 Å². The molecule has 0 saturated heterocycles.